The van der Waals surface area contributed by atoms with Crippen molar-refractivity contribution >= 4 is 5.91 Å². The number of hydrogen-bond donors (Lipinski definition) is 2. The van der Waals surface area contributed by atoms with Crippen molar-refractivity contribution in [1.82, 2.24) is 15.6 Å². The van der Waals surface area contributed by atoms with Crippen LogP contribution in [-0.4, -0.2) is 29.5 Å². The topological polar surface area (TPSA) is 54.0 Å². The summed E-state index contributed by atoms with van der Waals surface area (Å²) >= 11 is 0. The summed E-state index contributed by atoms with van der Waals surface area (Å²) in [5.74, 6) is -0.0244. The van der Waals surface area contributed by atoms with E-state index in [1.165, 1.54) is 0 Å². The second-order valence-electron chi connectivity index (χ2n) is 4.18. The predicted octanol–water partition coefficient (Wildman–Crippen LogP) is 0.563. The fourth-order valence-electron chi connectivity index (χ4n) is 1.77. The molecule has 1 unspecified atom stereocenters. The first-order valence-electron chi connectivity index (χ1n) is 5.13. The van der Waals surface area contributed by atoms with Crippen molar-refractivity contribution in [3.63, 3.8) is 0 Å². The first-order chi connectivity index (χ1) is 7.20. The van der Waals surface area contributed by atoms with Crippen molar-refractivity contribution in [2.24, 2.45) is 0 Å². The molecule has 0 aliphatic carbocycles. The van der Waals surface area contributed by atoms with E-state index in [2.05, 4.69) is 22.5 Å². The van der Waals surface area contributed by atoms with Crippen LogP contribution in [0.5, 0.6) is 0 Å². The van der Waals surface area contributed by atoms with Crippen LogP contribution in [0.25, 0.3) is 0 Å². The van der Waals surface area contributed by atoms with Crippen LogP contribution in [0, 0.1) is 0 Å². The molecule has 1 fully saturated rings. The fourth-order valence-corrected chi connectivity index (χ4v) is 1.77. The van der Waals surface area contributed by atoms with Crippen LogP contribution in [0.1, 0.15) is 23.7 Å². The van der Waals surface area contributed by atoms with Gasteiger partial charge in [-0.15, -0.1) is 0 Å². The SMILES string of the molecule is CC1(NC(=O)c2ccncc2)CCNC1. The molecule has 0 radical (unpaired) electrons. The Hall–Kier alpha value is -1.42. The van der Waals surface area contributed by atoms with Gasteiger partial charge >= 0.3 is 0 Å². The van der Waals surface area contributed by atoms with Crippen LogP contribution in [0.15, 0.2) is 24.5 Å². The van der Waals surface area contributed by atoms with Crippen molar-refractivity contribution in [1.29, 1.82) is 0 Å². The Bertz CT molecular complexity index is 344. The molecule has 4 nitrogen and oxygen atoms in total. The van der Waals surface area contributed by atoms with Crippen LogP contribution in [0.4, 0.5) is 0 Å². The number of amides is 1. The lowest BCUT2D eigenvalue weighted by molar-refractivity contribution is 0.0913. The zero-order chi connectivity index (χ0) is 10.7. The number of nitrogens with zero attached hydrogens (tertiary/aromatic N) is 1. The summed E-state index contributed by atoms with van der Waals surface area (Å²) in [5.41, 5.74) is 0.554. The van der Waals surface area contributed by atoms with Crippen LogP contribution >= 0.6 is 0 Å². The maximum absolute atomic E-state index is 11.8. The second-order valence-corrected chi connectivity index (χ2v) is 4.18. The zero-order valence-corrected chi connectivity index (χ0v) is 8.79. The molecule has 1 aromatic heterocycles. The molecule has 1 aromatic rings. The summed E-state index contributed by atoms with van der Waals surface area (Å²) in [6, 6.07) is 3.45. The molecule has 2 N–H and O–H groups in total. The molecule has 0 bridgehead atoms. The van der Waals surface area contributed by atoms with E-state index in [0.29, 0.717) is 5.56 Å². The van der Waals surface area contributed by atoms with Gasteiger partial charge in [0.05, 0.1) is 5.54 Å². The molecule has 2 heterocycles. The third-order valence-corrected chi connectivity index (χ3v) is 2.73. The molecule has 2 rings (SSSR count). The number of aromatic nitrogens is 1. The van der Waals surface area contributed by atoms with E-state index in [9.17, 15) is 4.79 Å². The van der Waals surface area contributed by atoms with Gasteiger partial charge in [0.25, 0.3) is 5.91 Å². The number of hydrogen-bond acceptors (Lipinski definition) is 3. The quantitative estimate of drug-likeness (QED) is 0.742. The molecule has 4 heteroatoms. The third kappa shape index (κ3) is 2.33. The van der Waals surface area contributed by atoms with E-state index in [1.807, 2.05) is 0 Å². The largest absolute Gasteiger partial charge is 0.346 e. The lowest BCUT2D eigenvalue weighted by Crippen LogP contribution is -2.47. The van der Waals surface area contributed by atoms with Gasteiger partial charge in [-0.2, -0.15) is 0 Å². The summed E-state index contributed by atoms with van der Waals surface area (Å²) in [6.45, 7) is 3.86. The molecule has 80 valence electrons. The summed E-state index contributed by atoms with van der Waals surface area (Å²) in [5, 5.41) is 6.28. The van der Waals surface area contributed by atoms with Gasteiger partial charge in [0, 0.05) is 24.5 Å². The highest BCUT2D eigenvalue weighted by Gasteiger charge is 2.30. The van der Waals surface area contributed by atoms with Gasteiger partial charge in [0.1, 0.15) is 0 Å². The van der Waals surface area contributed by atoms with Gasteiger partial charge in [-0.05, 0) is 32.0 Å². The van der Waals surface area contributed by atoms with E-state index in [4.69, 9.17) is 0 Å². The first kappa shape index (κ1) is 10.1. The lowest BCUT2D eigenvalue weighted by Gasteiger charge is -2.24. The molecule has 0 spiro atoms. The van der Waals surface area contributed by atoms with Crippen LogP contribution in [-0.2, 0) is 0 Å². The molecular weight excluding hydrogens is 190 g/mol. The van der Waals surface area contributed by atoms with Crippen molar-refractivity contribution in [2.45, 2.75) is 18.9 Å². The Labute approximate surface area is 89.1 Å². The van der Waals surface area contributed by atoms with E-state index < -0.39 is 0 Å². The number of carbonyl (C=O) groups excluding carboxylic acids is 1. The molecule has 1 atom stereocenters. The maximum atomic E-state index is 11.8. The Morgan fingerprint density at radius 2 is 2.27 bits per heavy atom. The first-order valence-corrected chi connectivity index (χ1v) is 5.13. The lowest BCUT2D eigenvalue weighted by atomic mass is 10.0. The van der Waals surface area contributed by atoms with Crippen LogP contribution < -0.4 is 10.6 Å². The summed E-state index contributed by atoms with van der Waals surface area (Å²) in [6.07, 6.45) is 4.23. The monoisotopic (exact) mass is 205 g/mol. The minimum Gasteiger partial charge on any atom is -0.346 e. The number of nitrogens with one attached hydrogen (secondary N) is 2. The Balaban J connectivity index is 2.04. The highest BCUT2D eigenvalue weighted by atomic mass is 16.1. The number of carbonyl (C=O) groups is 1. The number of pyridine rings is 1. The molecule has 1 aliphatic heterocycles. The highest BCUT2D eigenvalue weighted by Crippen LogP contribution is 2.14. The van der Waals surface area contributed by atoms with Gasteiger partial charge in [-0.1, -0.05) is 0 Å². The molecule has 1 aliphatic rings. The zero-order valence-electron chi connectivity index (χ0n) is 8.79. The Morgan fingerprint density at radius 3 is 2.87 bits per heavy atom. The molecule has 0 aromatic carbocycles. The summed E-state index contributed by atoms with van der Waals surface area (Å²) in [7, 11) is 0. The van der Waals surface area contributed by atoms with Crippen molar-refractivity contribution in [2.75, 3.05) is 13.1 Å². The maximum Gasteiger partial charge on any atom is 0.251 e. The minimum absolute atomic E-state index is 0.0244. The Kier molecular flexibility index (Phi) is 2.68. The normalized spacial score (nSPS) is 25.1. The molecule has 15 heavy (non-hydrogen) atoms. The van der Waals surface area contributed by atoms with Gasteiger partial charge < -0.3 is 10.6 Å². The third-order valence-electron chi connectivity index (χ3n) is 2.73. The van der Waals surface area contributed by atoms with E-state index >= 15 is 0 Å². The molecular formula is C11H15N3O. The molecule has 0 saturated carbocycles. The standard InChI is InChI=1S/C11H15N3O/c1-11(4-7-13-8-11)14-10(15)9-2-5-12-6-3-9/h2-3,5-6,13H,4,7-8H2,1H3,(H,14,15). The summed E-state index contributed by atoms with van der Waals surface area (Å²) in [4.78, 5) is 15.7. The van der Waals surface area contributed by atoms with Crippen molar-refractivity contribution < 1.29 is 4.79 Å². The van der Waals surface area contributed by atoms with E-state index in [-0.39, 0.29) is 11.4 Å². The van der Waals surface area contributed by atoms with Gasteiger partial charge in [0.2, 0.25) is 0 Å². The average molecular weight is 205 g/mol. The van der Waals surface area contributed by atoms with Crippen molar-refractivity contribution in [3.05, 3.63) is 30.1 Å². The fraction of sp³-hybridized carbons (Fsp3) is 0.455. The second kappa shape index (κ2) is 3.98. The smallest absolute Gasteiger partial charge is 0.251 e. The van der Waals surface area contributed by atoms with Crippen LogP contribution in [0.2, 0.25) is 0 Å². The molecule has 1 saturated heterocycles. The van der Waals surface area contributed by atoms with E-state index in [1.54, 1.807) is 24.5 Å². The highest BCUT2D eigenvalue weighted by molar-refractivity contribution is 5.94. The summed E-state index contributed by atoms with van der Waals surface area (Å²) < 4.78 is 0. The van der Waals surface area contributed by atoms with Gasteiger partial charge in [-0.3, -0.25) is 9.78 Å². The van der Waals surface area contributed by atoms with Gasteiger partial charge in [0.15, 0.2) is 0 Å². The van der Waals surface area contributed by atoms with E-state index in [0.717, 1.165) is 19.5 Å². The average Bonchev–Trinajstić information content (AvgIpc) is 2.66. The minimum atomic E-state index is -0.111. The van der Waals surface area contributed by atoms with Crippen LogP contribution in [0.3, 0.4) is 0 Å². The Morgan fingerprint density at radius 1 is 1.53 bits per heavy atom. The van der Waals surface area contributed by atoms with Crippen molar-refractivity contribution in [3.8, 4) is 0 Å². The van der Waals surface area contributed by atoms with Gasteiger partial charge in [-0.25, -0.2) is 0 Å². The molecule has 1 amide bonds. The predicted molar refractivity (Wildman–Crippen MR) is 57.6 cm³/mol. The number of rotatable bonds is 2.